The van der Waals surface area contributed by atoms with E-state index in [9.17, 15) is 4.39 Å². The fraction of sp³-hybridized carbons (Fsp3) is 0. The predicted octanol–water partition coefficient (Wildman–Crippen LogP) is 2.12. The van der Waals surface area contributed by atoms with Crippen molar-refractivity contribution in [2.45, 2.75) is 0 Å². The van der Waals surface area contributed by atoms with Crippen molar-refractivity contribution < 1.29 is 9.60 Å². The Balaban J connectivity index is 2.94. The molecule has 1 rings (SSSR count). The lowest BCUT2D eigenvalue weighted by atomic mass is 10.3. The normalized spacial score (nSPS) is 10.6. The monoisotopic (exact) mass is 188 g/mol. The lowest BCUT2D eigenvalue weighted by Crippen LogP contribution is -2.00. The van der Waals surface area contributed by atoms with Crippen LogP contribution in [-0.4, -0.2) is 11.5 Å². The quantitative estimate of drug-likeness (QED) is 0.424. The first-order valence-electron chi connectivity index (χ1n) is 3.11. The van der Waals surface area contributed by atoms with Crippen molar-refractivity contribution in [1.29, 1.82) is 0 Å². The van der Waals surface area contributed by atoms with E-state index in [1.807, 2.05) is 0 Å². The Bertz CT molecular complexity index is 303. The molecule has 0 heterocycles. The van der Waals surface area contributed by atoms with E-state index >= 15 is 0 Å². The van der Waals surface area contributed by atoms with Crippen LogP contribution in [0.15, 0.2) is 23.2 Å². The van der Waals surface area contributed by atoms with Crippen LogP contribution in [0.2, 0.25) is 5.02 Å². The third-order valence-corrected chi connectivity index (χ3v) is 1.47. The number of nitrogens with zero attached hydrogens (tertiary/aromatic N) is 1. The molecule has 1 aromatic carbocycles. The molecule has 0 saturated carbocycles. The summed E-state index contributed by atoms with van der Waals surface area (Å²) >= 11 is 5.60. The first-order chi connectivity index (χ1) is 5.74. The molecule has 0 aliphatic rings. The largest absolute Gasteiger partial charge is 0.290 e. The Morgan fingerprint density at radius 1 is 1.58 bits per heavy atom. The van der Waals surface area contributed by atoms with Gasteiger partial charge in [-0.3, -0.25) is 10.7 Å². The van der Waals surface area contributed by atoms with Crippen molar-refractivity contribution in [3.8, 4) is 0 Å². The summed E-state index contributed by atoms with van der Waals surface area (Å²) in [4.78, 5) is 3.68. The van der Waals surface area contributed by atoms with E-state index < -0.39 is 5.82 Å². The molecule has 0 unspecified atom stereocenters. The second kappa shape index (κ2) is 4.04. The number of hydroxylamine groups is 1. The van der Waals surface area contributed by atoms with E-state index in [1.165, 1.54) is 12.1 Å². The van der Waals surface area contributed by atoms with Gasteiger partial charge in [0.2, 0.25) is 0 Å². The second-order valence-electron chi connectivity index (χ2n) is 1.98. The van der Waals surface area contributed by atoms with Crippen LogP contribution in [-0.2, 0) is 0 Å². The molecular formula is C7H6ClFN2O. The van der Waals surface area contributed by atoms with Gasteiger partial charge in [0.15, 0.2) is 0 Å². The molecule has 0 amide bonds. The zero-order chi connectivity index (χ0) is 8.97. The molecule has 0 spiro atoms. The lowest BCUT2D eigenvalue weighted by molar-refractivity contribution is 0.240. The molecule has 2 N–H and O–H groups in total. The van der Waals surface area contributed by atoms with Crippen LogP contribution < -0.4 is 5.48 Å². The summed E-state index contributed by atoms with van der Waals surface area (Å²) < 4.78 is 12.5. The highest BCUT2D eigenvalue weighted by atomic mass is 35.5. The smallest absolute Gasteiger partial charge is 0.124 e. The molecule has 5 heteroatoms. The molecule has 0 aliphatic heterocycles. The average molecular weight is 189 g/mol. The summed E-state index contributed by atoms with van der Waals surface area (Å²) in [6.45, 7) is 0. The van der Waals surface area contributed by atoms with Crippen molar-refractivity contribution in [1.82, 2.24) is 5.48 Å². The van der Waals surface area contributed by atoms with Gasteiger partial charge in [0.05, 0.1) is 10.7 Å². The first kappa shape index (κ1) is 8.96. The van der Waals surface area contributed by atoms with Gasteiger partial charge in [-0.2, -0.15) is 0 Å². The zero-order valence-electron chi connectivity index (χ0n) is 5.96. The Kier molecular flexibility index (Phi) is 3.01. The summed E-state index contributed by atoms with van der Waals surface area (Å²) in [5, 5.41) is 8.35. The lowest BCUT2D eigenvalue weighted by Gasteiger charge is -1.96. The number of benzene rings is 1. The molecule has 3 nitrogen and oxygen atoms in total. The Labute approximate surface area is 73.5 Å². The SMILES string of the molecule is ONC=Nc1ccc(F)cc1Cl. The number of rotatable bonds is 2. The van der Waals surface area contributed by atoms with Crippen LogP contribution in [0.4, 0.5) is 10.1 Å². The van der Waals surface area contributed by atoms with Gasteiger partial charge in [0.1, 0.15) is 12.2 Å². The number of aliphatic imine (C=N–C) groups is 1. The maximum Gasteiger partial charge on any atom is 0.124 e. The summed E-state index contributed by atoms with van der Waals surface area (Å²) in [7, 11) is 0. The molecule has 0 saturated heterocycles. The highest BCUT2D eigenvalue weighted by Crippen LogP contribution is 2.24. The van der Waals surface area contributed by atoms with Crippen molar-refractivity contribution >= 4 is 23.6 Å². The molecule has 64 valence electrons. The molecule has 0 aliphatic carbocycles. The van der Waals surface area contributed by atoms with Crippen molar-refractivity contribution in [3.05, 3.63) is 29.0 Å². The molecule has 0 aromatic heterocycles. The van der Waals surface area contributed by atoms with Crippen LogP contribution in [0.25, 0.3) is 0 Å². The minimum atomic E-state index is -0.420. The van der Waals surface area contributed by atoms with Gasteiger partial charge >= 0.3 is 0 Å². The second-order valence-corrected chi connectivity index (χ2v) is 2.39. The van der Waals surface area contributed by atoms with Gasteiger partial charge in [-0.1, -0.05) is 11.6 Å². The van der Waals surface area contributed by atoms with Gasteiger partial charge in [-0.15, -0.1) is 0 Å². The van der Waals surface area contributed by atoms with Gasteiger partial charge in [0, 0.05) is 0 Å². The fourth-order valence-corrected chi connectivity index (χ4v) is 0.900. The van der Waals surface area contributed by atoms with E-state index in [4.69, 9.17) is 16.8 Å². The first-order valence-corrected chi connectivity index (χ1v) is 3.49. The Morgan fingerprint density at radius 2 is 2.33 bits per heavy atom. The number of hydrogen-bond acceptors (Lipinski definition) is 2. The Hall–Kier alpha value is -1.13. The molecule has 0 bridgehead atoms. The average Bonchev–Trinajstić information content (AvgIpc) is 2.03. The molecular weight excluding hydrogens is 183 g/mol. The molecule has 0 fully saturated rings. The maximum absolute atomic E-state index is 12.5. The standard InChI is InChI=1S/C7H6ClFN2O/c8-6-3-5(9)1-2-7(6)10-4-11-12/h1-4,12H,(H,10,11). The third kappa shape index (κ3) is 2.18. The van der Waals surface area contributed by atoms with E-state index in [0.717, 1.165) is 12.4 Å². The molecule has 0 atom stereocenters. The third-order valence-electron chi connectivity index (χ3n) is 1.17. The van der Waals surface area contributed by atoms with E-state index in [0.29, 0.717) is 5.69 Å². The summed E-state index contributed by atoms with van der Waals surface area (Å²) in [6.07, 6.45) is 1.04. The predicted molar refractivity (Wildman–Crippen MR) is 44.5 cm³/mol. The topological polar surface area (TPSA) is 44.6 Å². The highest BCUT2D eigenvalue weighted by molar-refractivity contribution is 6.33. The van der Waals surface area contributed by atoms with Crippen LogP contribution >= 0.6 is 11.6 Å². The molecule has 12 heavy (non-hydrogen) atoms. The minimum absolute atomic E-state index is 0.196. The summed E-state index contributed by atoms with van der Waals surface area (Å²) in [5.74, 6) is -0.420. The number of hydrogen-bond donors (Lipinski definition) is 2. The minimum Gasteiger partial charge on any atom is -0.290 e. The zero-order valence-corrected chi connectivity index (χ0v) is 6.72. The van der Waals surface area contributed by atoms with E-state index in [1.54, 1.807) is 5.48 Å². The highest BCUT2D eigenvalue weighted by Gasteiger charge is 1.98. The summed E-state index contributed by atoms with van der Waals surface area (Å²) in [6, 6.07) is 3.78. The van der Waals surface area contributed by atoms with Crippen LogP contribution in [0, 0.1) is 5.82 Å². The maximum atomic E-state index is 12.5. The number of nitrogens with one attached hydrogen (secondary N) is 1. The fourth-order valence-electron chi connectivity index (χ4n) is 0.684. The molecule has 1 aromatic rings. The Morgan fingerprint density at radius 3 is 2.92 bits per heavy atom. The van der Waals surface area contributed by atoms with E-state index in [-0.39, 0.29) is 5.02 Å². The van der Waals surface area contributed by atoms with Crippen LogP contribution in [0.5, 0.6) is 0 Å². The number of halogens is 2. The van der Waals surface area contributed by atoms with Gasteiger partial charge < -0.3 is 0 Å². The van der Waals surface area contributed by atoms with Crippen LogP contribution in [0.3, 0.4) is 0 Å². The van der Waals surface area contributed by atoms with Crippen LogP contribution in [0.1, 0.15) is 0 Å². The van der Waals surface area contributed by atoms with Gasteiger partial charge in [-0.05, 0) is 18.2 Å². The van der Waals surface area contributed by atoms with Crippen molar-refractivity contribution in [3.63, 3.8) is 0 Å². The van der Waals surface area contributed by atoms with E-state index in [2.05, 4.69) is 4.99 Å². The van der Waals surface area contributed by atoms with Crippen molar-refractivity contribution in [2.75, 3.05) is 0 Å². The molecule has 0 radical (unpaired) electrons. The van der Waals surface area contributed by atoms with Gasteiger partial charge in [0.25, 0.3) is 0 Å². The summed E-state index contributed by atoms with van der Waals surface area (Å²) in [5.41, 5.74) is 2.10. The van der Waals surface area contributed by atoms with Gasteiger partial charge in [-0.25, -0.2) is 9.38 Å². The van der Waals surface area contributed by atoms with Crippen molar-refractivity contribution in [2.24, 2.45) is 4.99 Å².